The van der Waals surface area contributed by atoms with Crippen LogP contribution in [0.2, 0.25) is 0 Å². The predicted molar refractivity (Wildman–Crippen MR) is 147 cm³/mol. The van der Waals surface area contributed by atoms with Gasteiger partial charge in [-0.25, -0.2) is 0 Å². The van der Waals surface area contributed by atoms with Crippen LogP contribution < -0.4 is 0 Å². The number of ketones is 1. The van der Waals surface area contributed by atoms with Crippen molar-refractivity contribution in [1.29, 1.82) is 0 Å². The van der Waals surface area contributed by atoms with Crippen LogP contribution in [0.4, 0.5) is 0 Å². The van der Waals surface area contributed by atoms with Gasteiger partial charge in [0.2, 0.25) is 0 Å². The normalized spacial score (nSPS) is 42.0. The van der Waals surface area contributed by atoms with Crippen molar-refractivity contribution in [3.05, 3.63) is 11.6 Å². The molecule has 0 radical (unpaired) electrons. The summed E-state index contributed by atoms with van der Waals surface area (Å²) in [5.74, 6) is -2.38. The van der Waals surface area contributed by atoms with Crippen LogP contribution >= 0.6 is 0 Å². The van der Waals surface area contributed by atoms with Gasteiger partial charge in [-0.3, -0.25) is 14.4 Å². The molecular weight excluding hydrogens is 532 g/mol. The van der Waals surface area contributed by atoms with E-state index in [9.17, 15) is 39.9 Å². The molecule has 4 aliphatic rings. The van der Waals surface area contributed by atoms with Crippen molar-refractivity contribution in [3.63, 3.8) is 0 Å². The Bertz CT molecular complexity index is 1100. The fourth-order valence-corrected chi connectivity index (χ4v) is 9.03. The molecular formula is C31H48O10. The molecule has 232 valence electrons. The number of fused-ring (bicyclic) bond motifs is 5. The van der Waals surface area contributed by atoms with Crippen LogP contribution in [0.5, 0.6) is 0 Å². The van der Waals surface area contributed by atoms with Gasteiger partial charge in [0.05, 0.1) is 23.9 Å². The van der Waals surface area contributed by atoms with Crippen LogP contribution in [0, 0.1) is 28.6 Å². The quantitative estimate of drug-likeness (QED) is 0.267. The number of carbonyl (C=O) groups is 3. The second-order valence-corrected chi connectivity index (χ2v) is 14.2. The Balaban J connectivity index is 1.68. The molecule has 10 nitrogen and oxygen atoms in total. The molecule has 0 spiro atoms. The molecule has 0 aromatic heterocycles. The number of hydrogen-bond donors (Lipinski definition) is 5. The fraction of sp³-hybridized carbons (Fsp3) is 0.839. The molecule has 0 aromatic rings. The van der Waals surface area contributed by atoms with E-state index in [2.05, 4.69) is 0 Å². The standard InChI is InChI=1S/C31H48O10/c1-17(33)40-24-15-28(4)19-7-11-29(5)25(30(6,38)26(41-18(2)34)9-10-27(3,37)16-32)8-12-31(29,39)20(19)13-22(35)21(28)14-23(24)36/h13,19,21,23-26,32,36-39H,7-12,14-16H2,1-6H3. The Morgan fingerprint density at radius 1 is 1.10 bits per heavy atom. The maximum absolute atomic E-state index is 13.6. The number of aliphatic hydroxyl groups is 5. The molecule has 4 aliphatic carbocycles. The fourth-order valence-electron chi connectivity index (χ4n) is 9.03. The number of hydrogen-bond acceptors (Lipinski definition) is 10. The van der Waals surface area contributed by atoms with Crippen LogP contribution in [0.15, 0.2) is 11.6 Å². The smallest absolute Gasteiger partial charge is 0.303 e. The third kappa shape index (κ3) is 5.28. The number of allylic oxidation sites excluding steroid dienone is 1. The maximum atomic E-state index is 13.6. The Morgan fingerprint density at radius 3 is 2.34 bits per heavy atom. The first-order valence-corrected chi connectivity index (χ1v) is 14.9. The minimum Gasteiger partial charge on any atom is -0.460 e. The van der Waals surface area contributed by atoms with Crippen molar-refractivity contribution in [3.8, 4) is 0 Å². The van der Waals surface area contributed by atoms with Gasteiger partial charge in [-0.2, -0.15) is 0 Å². The Morgan fingerprint density at radius 2 is 1.76 bits per heavy atom. The molecule has 11 atom stereocenters. The van der Waals surface area contributed by atoms with Gasteiger partial charge in [-0.05, 0) is 94.1 Å². The van der Waals surface area contributed by atoms with Gasteiger partial charge in [-0.15, -0.1) is 0 Å². The van der Waals surface area contributed by atoms with Gasteiger partial charge in [0, 0.05) is 25.2 Å². The molecule has 0 bridgehead atoms. The number of ether oxygens (including phenoxy) is 2. The van der Waals surface area contributed by atoms with E-state index in [1.807, 2.05) is 13.8 Å². The van der Waals surface area contributed by atoms with Crippen molar-refractivity contribution in [2.24, 2.45) is 28.6 Å². The number of carbonyl (C=O) groups excluding carboxylic acids is 3. The van der Waals surface area contributed by atoms with Gasteiger partial charge in [0.25, 0.3) is 0 Å². The Labute approximate surface area is 242 Å². The molecule has 3 fully saturated rings. The maximum Gasteiger partial charge on any atom is 0.303 e. The van der Waals surface area contributed by atoms with E-state index < -0.39 is 76.3 Å². The first kappa shape index (κ1) is 32.1. The van der Waals surface area contributed by atoms with Crippen LogP contribution in [0.3, 0.4) is 0 Å². The first-order chi connectivity index (χ1) is 18.8. The molecule has 10 heteroatoms. The van der Waals surface area contributed by atoms with Crippen molar-refractivity contribution >= 4 is 17.7 Å². The zero-order valence-electron chi connectivity index (χ0n) is 25.2. The van der Waals surface area contributed by atoms with E-state index >= 15 is 0 Å². The van der Waals surface area contributed by atoms with Gasteiger partial charge in [0.1, 0.15) is 17.8 Å². The average molecular weight is 581 g/mol. The summed E-state index contributed by atoms with van der Waals surface area (Å²) in [5, 5.41) is 55.1. The highest BCUT2D eigenvalue weighted by Gasteiger charge is 2.69. The minimum atomic E-state index is -1.58. The summed E-state index contributed by atoms with van der Waals surface area (Å²) in [7, 11) is 0. The van der Waals surface area contributed by atoms with Crippen molar-refractivity contribution in [2.75, 3.05) is 6.61 Å². The van der Waals surface area contributed by atoms with Crippen LogP contribution in [0.25, 0.3) is 0 Å². The molecule has 11 unspecified atom stereocenters. The number of rotatable bonds is 8. The van der Waals surface area contributed by atoms with E-state index in [0.29, 0.717) is 37.7 Å². The largest absolute Gasteiger partial charge is 0.460 e. The van der Waals surface area contributed by atoms with E-state index in [1.54, 1.807) is 13.0 Å². The van der Waals surface area contributed by atoms with Crippen molar-refractivity contribution in [2.45, 2.75) is 128 Å². The third-order valence-corrected chi connectivity index (χ3v) is 11.4. The molecule has 0 amide bonds. The summed E-state index contributed by atoms with van der Waals surface area (Å²) in [6.07, 6.45) is 1.45. The molecule has 0 aromatic carbocycles. The van der Waals surface area contributed by atoms with Gasteiger partial charge < -0.3 is 35.0 Å². The lowest BCUT2D eigenvalue weighted by molar-refractivity contribution is -0.194. The zero-order chi connectivity index (χ0) is 30.8. The van der Waals surface area contributed by atoms with Crippen molar-refractivity contribution < 1.29 is 49.4 Å². The van der Waals surface area contributed by atoms with Crippen molar-refractivity contribution in [1.82, 2.24) is 0 Å². The number of esters is 2. The lowest BCUT2D eigenvalue weighted by atomic mass is 9.45. The highest BCUT2D eigenvalue weighted by molar-refractivity contribution is 5.95. The summed E-state index contributed by atoms with van der Waals surface area (Å²) in [6, 6.07) is 0. The summed E-state index contributed by atoms with van der Waals surface area (Å²) in [5.41, 5.74) is -5.25. The Hall–Kier alpha value is -1.85. The number of aliphatic hydroxyl groups excluding tert-OH is 2. The third-order valence-electron chi connectivity index (χ3n) is 11.4. The van der Waals surface area contributed by atoms with Gasteiger partial charge in [-0.1, -0.05) is 13.8 Å². The highest BCUT2D eigenvalue weighted by Crippen LogP contribution is 2.68. The molecule has 0 aliphatic heterocycles. The summed E-state index contributed by atoms with van der Waals surface area (Å²) >= 11 is 0. The lowest BCUT2D eigenvalue weighted by Crippen LogP contribution is -2.63. The lowest BCUT2D eigenvalue weighted by Gasteiger charge is -2.61. The second kappa shape index (κ2) is 10.7. The second-order valence-electron chi connectivity index (χ2n) is 14.2. The van der Waals surface area contributed by atoms with E-state index in [0.717, 1.165) is 0 Å². The SMILES string of the molecule is CC(=O)OC1CC2(C)C(CC1O)C(=O)C=C1C2CCC2(C)C(C(C)(O)C(CCC(C)(O)CO)OC(C)=O)CCC12O. The van der Waals surface area contributed by atoms with E-state index in [1.165, 1.54) is 20.8 Å². The summed E-state index contributed by atoms with van der Waals surface area (Å²) in [4.78, 5) is 37.4. The molecule has 0 heterocycles. The molecule has 0 saturated heterocycles. The monoisotopic (exact) mass is 580 g/mol. The Kier molecular flexibility index (Phi) is 8.37. The summed E-state index contributed by atoms with van der Waals surface area (Å²) < 4.78 is 11.0. The minimum absolute atomic E-state index is 0.0854. The van der Waals surface area contributed by atoms with E-state index in [-0.39, 0.29) is 31.0 Å². The topological polar surface area (TPSA) is 171 Å². The zero-order valence-corrected chi connectivity index (χ0v) is 25.2. The first-order valence-electron chi connectivity index (χ1n) is 14.9. The average Bonchev–Trinajstić information content (AvgIpc) is 3.15. The molecule has 41 heavy (non-hydrogen) atoms. The summed E-state index contributed by atoms with van der Waals surface area (Å²) in [6.45, 7) is 9.06. The van der Waals surface area contributed by atoms with Crippen LogP contribution in [0.1, 0.15) is 92.9 Å². The predicted octanol–water partition coefficient (Wildman–Crippen LogP) is 1.97. The molecule has 4 rings (SSSR count). The van der Waals surface area contributed by atoms with Crippen LogP contribution in [-0.2, 0) is 23.9 Å². The molecule has 3 saturated carbocycles. The molecule has 5 N–H and O–H groups in total. The highest BCUT2D eigenvalue weighted by atomic mass is 16.6. The van der Waals surface area contributed by atoms with Crippen LogP contribution in [-0.4, -0.2) is 85.0 Å². The van der Waals surface area contributed by atoms with E-state index in [4.69, 9.17) is 9.47 Å². The van der Waals surface area contributed by atoms with Gasteiger partial charge in [0.15, 0.2) is 5.78 Å². The van der Waals surface area contributed by atoms with Gasteiger partial charge >= 0.3 is 11.9 Å².